The first-order chi connectivity index (χ1) is 15.2. The molecule has 0 bridgehead atoms. The maximum atomic E-state index is 13.8. The van der Waals surface area contributed by atoms with Crippen molar-refractivity contribution in [1.29, 1.82) is 0 Å². The van der Waals surface area contributed by atoms with Crippen molar-refractivity contribution in [3.8, 4) is 0 Å². The number of thioether (sulfide) groups is 1. The van der Waals surface area contributed by atoms with Gasteiger partial charge in [-0.2, -0.15) is 0 Å². The minimum absolute atomic E-state index is 0.102. The molecule has 1 atom stereocenters. The summed E-state index contributed by atoms with van der Waals surface area (Å²) in [7, 11) is -4.00. The Morgan fingerprint density at radius 1 is 1.06 bits per heavy atom. The molecule has 0 aliphatic heterocycles. The summed E-state index contributed by atoms with van der Waals surface area (Å²) in [5, 5.41) is 13.2. The van der Waals surface area contributed by atoms with Gasteiger partial charge < -0.3 is 4.90 Å². The third-order valence-electron chi connectivity index (χ3n) is 5.23. The van der Waals surface area contributed by atoms with Crippen molar-refractivity contribution in [1.82, 2.24) is 4.90 Å². The van der Waals surface area contributed by atoms with Crippen LogP contribution < -0.4 is 0 Å². The maximum Gasteiger partial charge on any atom is 0.282 e. The quantitative estimate of drug-likeness (QED) is 0.233. The molecule has 168 valence electrons. The fraction of sp³-hybridized carbons (Fsp3) is 0.261. The van der Waals surface area contributed by atoms with Gasteiger partial charge in [0.1, 0.15) is 8.90 Å². The number of nitrogens with zero attached hydrogens (tertiary/aromatic N) is 2. The van der Waals surface area contributed by atoms with Gasteiger partial charge in [0, 0.05) is 13.1 Å². The largest absolute Gasteiger partial charge is 0.358 e. The summed E-state index contributed by atoms with van der Waals surface area (Å²) >= 11 is 6.52. The van der Waals surface area contributed by atoms with Crippen molar-refractivity contribution >= 4 is 54.6 Å². The molecule has 0 amide bonds. The summed E-state index contributed by atoms with van der Waals surface area (Å²) < 4.78 is 26.7. The Morgan fingerprint density at radius 2 is 1.69 bits per heavy atom. The zero-order valence-corrected chi connectivity index (χ0v) is 20.5. The smallest absolute Gasteiger partial charge is 0.282 e. The summed E-state index contributed by atoms with van der Waals surface area (Å²) in [5.74, 6) is 0. The number of hydrogen-bond acceptors (Lipinski definition) is 6. The average molecular weight is 489 g/mol. The molecule has 0 N–H and O–H groups in total. The highest BCUT2D eigenvalue weighted by Gasteiger charge is 2.37. The van der Waals surface area contributed by atoms with Crippen molar-refractivity contribution in [2.75, 3.05) is 13.1 Å². The predicted molar refractivity (Wildman–Crippen MR) is 135 cm³/mol. The van der Waals surface area contributed by atoms with Crippen molar-refractivity contribution in [2.45, 2.75) is 30.2 Å². The number of sulfone groups is 1. The average Bonchev–Trinajstić information content (AvgIpc) is 2.77. The zero-order valence-electron chi connectivity index (χ0n) is 18.0. The second kappa shape index (κ2) is 9.97. The number of aryl methyl sites for hydroxylation is 1. The number of fused-ring (bicyclic) bond motifs is 1. The van der Waals surface area contributed by atoms with Crippen LogP contribution in [0.4, 0.5) is 5.69 Å². The van der Waals surface area contributed by atoms with Gasteiger partial charge in [-0.15, -0.1) is 0 Å². The number of nitro benzene ring substituents is 1. The van der Waals surface area contributed by atoms with E-state index in [1.807, 2.05) is 25.7 Å². The first-order valence-corrected chi connectivity index (χ1v) is 13.0. The van der Waals surface area contributed by atoms with Gasteiger partial charge in [-0.3, -0.25) is 10.1 Å². The molecule has 0 aliphatic rings. The second-order valence-electron chi connectivity index (χ2n) is 7.23. The van der Waals surface area contributed by atoms with Crippen LogP contribution in [0, 0.1) is 17.0 Å². The number of nitro groups is 1. The molecule has 32 heavy (non-hydrogen) atoms. The lowest BCUT2D eigenvalue weighted by Crippen LogP contribution is -2.28. The van der Waals surface area contributed by atoms with Crippen molar-refractivity contribution in [3.05, 3.63) is 81.9 Å². The van der Waals surface area contributed by atoms with Crippen LogP contribution in [0.25, 0.3) is 10.8 Å². The van der Waals surface area contributed by atoms with Crippen molar-refractivity contribution in [2.24, 2.45) is 0 Å². The summed E-state index contributed by atoms with van der Waals surface area (Å²) in [6.07, 6.45) is 0. The van der Waals surface area contributed by atoms with E-state index in [1.54, 1.807) is 42.5 Å². The molecule has 0 fully saturated rings. The molecule has 0 spiro atoms. The van der Waals surface area contributed by atoms with Crippen molar-refractivity contribution < 1.29 is 13.3 Å². The molecule has 0 heterocycles. The van der Waals surface area contributed by atoms with E-state index in [4.69, 9.17) is 12.2 Å². The fourth-order valence-electron chi connectivity index (χ4n) is 3.46. The van der Waals surface area contributed by atoms with Gasteiger partial charge in [-0.05, 0) is 50.4 Å². The topological polar surface area (TPSA) is 80.5 Å². The maximum absolute atomic E-state index is 13.8. The summed E-state index contributed by atoms with van der Waals surface area (Å²) in [6, 6.07) is 16.6. The summed E-state index contributed by atoms with van der Waals surface area (Å²) in [5.41, 5.74) is 0.830. The number of hydrogen-bond donors (Lipinski definition) is 0. The molecule has 6 nitrogen and oxygen atoms in total. The Kier molecular flexibility index (Phi) is 7.53. The Labute approximate surface area is 197 Å². The van der Waals surface area contributed by atoms with E-state index in [2.05, 4.69) is 0 Å². The van der Waals surface area contributed by atoms with Gasteiger partial charge in [0.05, 0.1) is 20.8 Å². The first-order valence-electron chi connectivity index (χ1n) is 10.1. The van der Waals surface area contributed by atoms with Gasteiger partial charge in [-0.25, -0.2) is 8.42 Å². The molecule has 3 aromatic carbocycles. The Morgan fingerprint density at radius 3 is 2.28 bits per heavy atom. The van der Waals surface area contributed by atoms with Gasteiger partial charge in [-0.1, -0.05) is 65.9 Å². The van der Waals surface area contributed by atoms with E-state index in [-0.39, 0.29) is 16.1 Å². The standard InChI is InChI=1S/C23H24N2O4S3/c1-4-24(5-2)23(30)31-22(32(28,29)18-13-10-16(3)11-14-18)20-15-12-17-8-6-7-9-19(17)21(20)25(26)27/h6-15,22H,4-5H2,1-3H3/t22-/m0/s1. The number of rotatable bonds is 7. The van der Waals surface area contributed by atoms with E-state index in [9.17, 15) is 18.5 Å². The monoisotopic (exact) mass is 488 g/mol. The number of thiocarbonyl (C=S) groups is 1. The minimum Gasteiger partial charge on any atom is -0.358 e. The SMILES string of the molecule is CCN(CC)C(=S)S[C@H](c1ccc2ccccc2c1[N+](=O)[O-])S(=O)(=O)c1ccc(C)cc1. The van der Waals surface area contributed by atoms with Crippen LogP contribution in [-0.4, -0.2) is 35.7 Å². The highest BCUT2D eigenvalue weighted by Crippen LogP contribution is 2.45. The van der Waals surface area contributed by atoms with E-state index in [1.165, 1.54) is 18.2 Å². The molecular weight excluding hydrogens is 464 g/mol. The van der Waals surface area contributed by atoms with Crippen LogP contribution >= 0.6 is 24.0 Å². The lowest BCUT2D eigenvalue weighted by molar-refractivity contribution is -0.383. The molecule has 9 heteroatoms. The summed E-state index contributed by atoms with van der Waals surface area (Å²) in [4.78, 5) is 13.6. The Bertz CT molecular complexity index is 1250. The fourth-order valence-corrected chi connectivity index (χ4v) is 7.50. The summed E-state index contributed by atoms with van der Waals surface area (Å²) in [6.45, 7) is 6.95. The molecule has 3 rings (SSSR count). The Balaban J connectivity index is 2.25. The lowest BCUT2D eigenvalue weighted by Gasteiger charge is -2.25. The highest BCUT2D eigenvalue weighted by atomic mass is 32.3. The van der Waals surface area contributed by atoms with Crippen LogP contribution in [0.15, 0.2) is 65.6 Å². The molecule has 0 saturated heterocycles. The highest BCUT2D eigenvalue weighted by molar-refractivity contribution is 8.28. The van der Waals surface area contributed by atoms with E-state index in [0.717, 1.165) is 17.3 Å². The molecular formula is C23H24N2O4S3. The van der Waals surface area contributed by atoms with Gasteiger partial charge >= 0.3 is 0 Å². The first kappa shape index (κ1) is 24.2. The Hall–Kier alpha value is -2.49. The van der Waals surface area contributed by atoms with Crippen molar-refractivity contribution in [3.63, 3.8) is 0 Å². The van der Waals surface area contributed by atoms with Gasteiger partial charge in [0.15, 0.2) is 9.84 Å². The predicted octanol–water partition coefficient (Wildman–Crippen LogP) is 5.89. The molecule has 0 radical (unpaired) electrons. The van der Waals surface area contributed by atoms with Crippen LogP contribution in [0.3, 0.4) is 0 Å². The van der Waals surface area contributed by atoms with Crippen LogP contribution in [0.1, 0.15) is 29.6 Å². The van der Waals surface area contributed by atoms with Crippen LogP contribution in [0.5, 0.6) is 0 Å². The van der Waals surface area contributed by atoms with Gasteiger partial charge in [0.2, 0.25) is 0 Å². The zero-order chi connectivity index (χ0) is 23.5. The minimum atomic E-state index is -4.00. The molecule has 0 aromatic heterocycles. The van der Waals surface area contributed by atoms with Crippen LogP contribution in [0.2, 0.25) is 0 Å². The molecule has 0 unspecified atom stereocenters. The van der Waals surface area contributed by atoms with E-state index in [0.29, 0.717) is 28.2 Å². The lowest BCUT2D eigenvalue weighted by atomic mass is 10.0. The third-order valence-corrected chi connectivity index (χ3v) is 9.50. The van der Waals surface area contributed by atoms with E-state index >= 15 is 0 Å². The van der Waals surface area contributed by atoms with Crippen LogP contribution in [-0.2, 0) is 9.84 Å². The normalized spacial score (nSPS) is 12.5. The second-order valence-corrected chi connectivity index (χ2v) is 11.3. The molecule has 0 saturated carbocycles. The van der Waals surface area contributed by atoms with Gasteiger partial charge in [0.25, 0.3) is 5.69 Å². The number of benzene rings is 3. The molecule has 3 aromatic rings. The molecule has 0 aliphatic carbocycles. The third kappa shape index (κ3) is 4.79. The van der Waals surface area contributed by atoms with E-state index < -0.39 is 19.3 Å².